The second-order valence-corrected chi connectivity index (χ2v) is 37.0. The molecule has 1 aliphatic rings. The third kappa shape index (κ3) is 49.5. The van der Waals surface area contributed by atoms with Gasteiger partial charge < -0.3 is 113 Å². The van der Waals surface area contributed by atoms with Gasteiger partial charge in [-0.2, -0.15) is 0 Å². The van der Waals surface area contributed by atoms with Crippen LogP contribution in [0.4, 0.5) is 24.0 Å². The van der Waals surface area contributed by atoms with E-state index in [9.17, 15) is 67.7 Å². The fraction of sp³-hybridized carbons (Fsp3) is 0.747. The predicted octanol–water partition coefficient (Wildman–Crippen LogP) is 5.71. The number of Topliss-reactive ketones (excluding diaryl/α,β-unsaturated/α-hetero) is 2. The van der Waals surface area contributed by atoms with Crippen molar-refractivity contribution in [2.75, 3.05) is 45.8 Å². The van der Waals surface area contributed by atoms with Crippen molar-refractivity contribution in [3.63, 3.8) is 0 Å². The van der Waals surface area contributed by atoms with Crippen LogP contribution in [0.1, 0.15) is 260 Å². The Hall–Kier alpha value is -9.98. The topological polar surface area (TPSA) is 537 Å². The van der Waals surface area contributed by atoms with E-state index >= 15 is 19.2 Å². The maximum absolute atomic E-state index is 15.5. The summed E-state index contributed by atoms with van der Waals surface area (Å²) >= 11 is 0. The molecule has 13 atom stereocenters. The van der Waals surface area contributed by atoms with E-state index < -0.39 is 221 Å². The van der Waals surface area contributed by atoms with Crippen molar-refractivity contribution in [1.29, 1.82) is 0 Å². The zero-order valence-corrected chi connectivity index (χ0v) is 77.5. The molecule has 1 aromatic carbocycles. The monoisotopic (exact) mass is 1770 g/mol. The smallest absolute Gasteiger partial charge is 0.407 e. The van der Waals surface area contributed by atoms with Gasteiger partial charge in [0.2, 0.25) is 41.4 Å². The normalized spacial score (nSPS) is 19.7. The summed E-state index contributed by atoms with van der Waals surface area (Å²) in [5.74, 6) is -12.9. The molecule has 38 heteroatoms. The first-order valence-corrected chi connectivity index (χ1v) is 43.7. The lowest BCUT2D eigenvalue weighted by molar-refractivity contribution is -0.157. The molecule has 1 saturated heterocycles. The van der Waals surface area contributed by atoms with E-state index in [0.717, 1.165) is 32.6 Å². The van der Waals surface area contributed by atoms with Gasteiger partial charge in [0, 0.05) is 70.9 Å². The molecule has 125 heavy (non-hydrogen) atoms. The van der Waals surface area contributed by atoms with E-state index in [1.54, 1.807) is 155 Å². The molecule has 0 saturated carbocycles. The molecule has 0 bridgehead atoms. The van der Waals surface area contributed by atoms with E-state index in [1.807, 2.05) is 6.92 Å². The van der Waals surface area contributed by atoms with Gasteiger partial charge in [-0.3, -0.25) is 52.7 Å². The second kappa shape index (κ2) is 54.8. The summed E-state index contributed by atoms with van der Waals surface area (Å²) in [6.45, 7) is 31.7. The standard InChI is InChI=1S/C87H148N14O24/c1-22-24-25-26-30-34-67(106)120-66(31-23-2)75(112)97-61(40-46-93-82(119)125-87(19,20)21)72(109)101-69(54(6)103)77(114)96-58(37-43-90-79(116)122-84(10,11)12)64(104)49-56-35-41-88-76(113)68(53(5)102)100-70(107)57(36-42-89-78(115)121-83(7,8)9)50-65(105)59(38-44-91-80(117)123-85(13,14)15)95-73(110)62(47-52(3)4)98-74(111)63(48-55-32-28-27-29-33-55)99-71(108)60(94-51-56)39-45-92-81(118)124-86(16,17)18/h27-29,32-33,52-54,56-63,66,68-69,94,102-103H,22-26,30-31,34-51H2,1-21H3,(H,88,113)(H,89,115)(H,90,116)(H,91,117)(H,92,118)(H,93,119)(H,95,110)(H,96,114)(H,97,112)(H,98,111)(H,99,108)(H,100,107)(H,101,109)/t53?,54?,56-,57-,58+,59+,60+,61?,62+,63-,66+,68+,69+/m1/s1. The van der Waals surface area contributed by atoms with Gasteiger partial charge in [0.15, 0.2) is 17.7 Å². The van der Waals surface area contributed by atoms with Gasteiger partial charge in [0.1, 0.15) is 58.2 Å². The molecular formula is C87H148N14O24. The molecule has 2 rings (SSSR count). The Morgan fingerprint density at radius 2 is 0.936 bits per heavy atom. The number of aliphatic hydroxyl groups is 2. The number of aliphatic hydroxyl groups excluding tert-OH is 2. The van der Waals surface area contributed by atoms with Crippen molar-refractivity contribution in [3.8, 4) is 0 Å². The van der Waals surface area contributed by atoms with Crippen molar-refractivity contribution in [1.82, 2.24) is 74.4 Å². The number of hydrogen-bond donors (Lipinski definition) is 16. The van der Waals surface area contributed by atoms with E-state index in [4.69, 9.17) is 28.4 Å². The average molecular weight is 1770 g/mol. The quantitative estimate of drug-likeness (QED) is 0.0213. The number of rotatable bonds is 39. The van der Waals surface area contributed by atoms with Crippen LogP contribution in [0, 0.1) is 17.8 Å². The zero-order valence-electron chi connectivity index (χ0n) is 77.5. The number of nitrogens with one attached hydrogen (secondary N) is 14. The Balaban J connectivity index is 3.09. The summed E-state index contributed by atoms with van der Waals surface area (Å²) in [5.41, 5.74) is -4.30. The largest absolute Gasteiger partial charge is 0.452 e. The Kier molecular flexibility index (Phi) is 48.7. The highest BCUT2D eigenvalue weighted by Gasteiger charge is 2.39. The van der Waals surface area contributed by atoms with Crippen molar-refractivity contribution in [2.24, 2.45) is 17.8 Å². The van der Waals surface area contributed by atoms with Crippen LogP contribution >= 0.6 is 0 Å². The first kappa shape index (κ1) is 111. The molecule has 1 aliphatic heterocycles. The first-order chi connectivity index (χ1) is 58.1. The SMILES string of the molecule is CCCCCCCC(=O)O[C@@H](CCC)C(=O)NC(CCNC(=O)OC(C)(C)C)C(=O)N[C@H](C(=O)N[C@@H](CCNC(=O)OC(C)(C)C)C(=O)C[C@H]1CCNC(=O)[C@H](C(C)O)NC(=O)[C@H](CCNC(=O)OC(C)(C)C)CC(=O)[C@H](CCNC(=O)OC(C)(C)C)NC(=O)[C@H](CC(C)C)NC(=O)[C@@H](Cc2ccccc2)NC(=O)[C@H](CCNC(=O)OC(C)(C)C)NC1)C(C)O. The maximum Gasteiger partial charge on any atom is 0.407 e. The van der Waals surface area contributed by atoms with Crippen LogP contribution in [0.25, 0.3) is 0 Å². The zero-order chi connectivity index (χ0) is 94.8. The van der Waals surface area contributed by atoms with E-state index in [1.165, 1.54) is 6.92 Å². The molecule has 710 valence electrons. The first-order valence-electron chi connectivity index (χ1n) is 43.7. The van der Waals surface area contributed by atoms with Gasteiger partial charge >= 0.3 is 36.4 Å². The molecule has 13 amide bonds. The number of ketones is 2. The Morgan fingerprint density at radius 1 is 0.480 bits per heavy atom. The summed E-state index contributed by atoms with van der Waals surface area (Å²) in [4.78, 5) is 228. The lowest BCUT2D eigenvalue weighted by Gasteiger charge is -2.29. The fourth-order valence-electron chi connectivity index (χ4n) is 12.7. The van der Waals surface area contributed by atoms with Crippen LogP contribution in [0.15, 0.2) is 30.3 Å². The molecule has 1 heterocycles. The van der Waals surface area contributed by atoms with E-state index in [-0.39, 0.29) is 110 Å². The minimum Gasteiger partial charge on any atom is -0.452 e. The lowest BCUT2D eigenvalue weighted by Crippen LogP contribution is -2.60. The van der Waals surface area contributed by atoms with Gasteiger partial charge in [0.05, 0.1) is 30.3 Å². The second-order valence-electron chi connectivity index (χ2n) is 37.0. The van der Waals surface area contributed by atoms with Crippen LogP contribution in [0.3, 0.4) is 0 Å². The van der Waals surface area contributed by atoms with Crippen molar-refractivity contribution in [3.05, 3.63) is 35.9 Å². The fourth-order valence-corrected chi connectivity index (χ4v) is 12.7. The van der Waals surface area contributed by atoms with Crippen LogP contribution in [0.5, 0.6) is 0 Å². The molecule has 0 aliphatic carbocycles. The number of carbonyl (C=O) groups is 16. The number of hydrogen-bond acceptors (Lipinski definition) is 25. The van der Waals surface area contributed by atoms with Gasteiger partial charge in [-0.15, -0.1) is 0 Å². The average Bonchev–Trinajstić information content (AvgIpc) is 1.61. The third-order valence-corrected chi connectivity index (χ3v) is 18.7. The molecule has 1 aromatic rings. The third-order valence-electron chi connectivity index (χ3n) is 18.7. The molecule has 38 nitrogen and oxygen atoms in total. The number of unbranched alkanes of at least 4 members (excludes halogenated alkanes) is 4. The van der Waals surface area contributed by atoms with Crippen LogP contribution in [0.2, 0.25) is 0 Å². The summed E-state index contributed by atoms with van der Waals surface area (Å²) in [6, 6.07) is -4.38. The lowest BCUT2D eigenvalue weighted by atomic mass is 9.92. The predicted molar refractivity (Wildman–Crippen MR) is 465 cm³/mol. The van der Waals surface area contributed by atoms with Gasteiger partial charge in [-0.05, 0) is 199 Å². The van der Waals surface area contributed by atoms with E-state index in [2.05, 4.69) is 74.4 Å². The van der Waals surface area contributed by atoms with Gasteiger partial charge in [-0.1, -0.05) is 90.1 Å². The molecule has 0 radical (unpaired) electrons. The van der Waals surface area contributed by atoms with Crippen molar-refractivity contribution >= 4 is 95.3 Å². The summed E-state index contributed by atoms with van der Waals surface area (Å²) in [7, 11) is 0. The molecular weight excluding hydrogens is 1630 g/mol. The number of alkyl carbamates (subject to hydrolysis) is 5. The van der Waals surface area contributed by atoms with Crippen molar-refractivity contribution < 1.29 is 115 Å². The van der Waals surface area contributed by atoms with E-state index in [0.29, 0.717) is 18.4 Å². The summed E-state index contributed by atoms with van der Waals surface area (Å²) in [5, 5.41) is 60.1. The van der Waals surface area contributed by atoms with Gasteiger partial charge in [-0.25, -0.2) is 24.0 Å². The molecule has 0 spiro atoms. The molecule has 1 fully saturated rings. The van der Waals surface area contributed by atoms with Crippen LogP contribution < -0.4 is 74.4 Å². The Morgan fingerprint density at radius 3 is 1.42 bits per heavy atom. The number of benzene rings is 1. The number of carbonyl (C=O) groups excluding carboxylic acids is 16. The maximum atomic E-state index is 15.5. The number of esters is 1. The van der Waals surface area contributed by atoms with Gasteiger partial charge in [0.25, 0.3) is 5.91 Å². The Bertz CT molecular complexity index is 3640. The highest BCUT2D eigenvalue weighted by molar-refractivity contribution is 5.98. The number of ether oxygens (including phenoxy) is 6. The highest BCUT2D eigenvalue weighted by Crippen LogP contribution is 2.21. The molecule has 0 aromatic heterocycles. The molecule has 16 N–H and O–H groups in total. The van der Waals surface area contributed by atoms with Crippen molar-refractivity contribution in [2.45, 2.75) is 356 Å². The minimum absolute atomic E-state index is 0.0209. The number of amides is 13. The minimum atomic E-state index is -1.94. The van der Waals surface area contributed by atoms with Crippen LogP contribution in [-0.4, -0.2) is 246 Å². The highest BCUT2D eigenvalue weighted by atomic mass is 16.6. The summed E-state index contributed by atoms with van der Waals surface area (Å²) in [6.07, 6.45) is -8.16. The van der Waals surface area contributed by atoms with Crippen LogP contribution in [-0.2, 0) is 87.6 Å². The summed E-state index contributed by atoms with van der Waals surface area (Å²) < 4.78 is 32.8. The molecule has 3 unspecified atom stereocenters. The Labute approximate surface area is 737 Å².